The fraction of sp³-hybridized carbons (Fsp3) is 0.583. The quantitative estimate of drug-likeness (QED) is 0.720. The summed E-state index contributed by atoms with van der Waals surface area (Å²) in [6.07, 6.45) is 4.00. The molecule has 0 bridgehead atoms. The van der Waals surface area contributed by atoms with Gasteiger partial charge in [-0.15, -0.1) is 0 Å². The maximum Gasteiger partial charge on any atom is 0.226 e. The predicted molar refractivity (Wildman–Crippen MR) is 62.0 cm³/mol. The summed E-state index contributed by atoms with van der Waals surface area (Å²) in [5.74, 6) is 1.46. The van der Waals surface area contributed by atoms with E-state index in [4.69, 9.17) is 5.26 Å². The van der Waals surface area contributed by atoms with Gasteiger partial charge in [0.15, 0.2) is 0 Å². The van der Waals surface area contributed by atoms with Gasteiger partial charge in [-0.1, -0.05) is 6.92 Å². The van der Waals surface area contributed by atoms with E-state index < -0.39 is 0 Å². The summed E-state index contributed by atoms with van der Waals surface area (Å²) in [5.41, 5.74) is 0.441. The molecule has 0 aliphatic carbocycles. The Hall–Kier alpha value is -1.63. The SMILES string of the molecule is CC1CCN(c2nccc(C#N)n2)C(C)C1. The van der Waals surface area contributed by atoms with Crippen LogP contribution in [0.25, 0.3) is 0 Å². The van der Waals surface area contributed by atoms with Crippen LogP contribution in [-0.2, 0) is 0 Å². The Kier molecular flexibility index (Phi) is 3.04. The molecule has 0 radical (unpaired) electrons. The van der Waals surface area contributed by atoms with Crippen LogP contribution in [0.15, 0.2) is 12.3 Å². The summed E-state index contributed by atoms with van der Waals surface area (Å²) >= 11 is 0. The van der Waals surface area contributed by atoms with Gasteiger partial charge in [-0.3, -0.25) is 0 Å². The van der Waals surface area contributed by atoms with E-state index in [0.29, 0.717) is 17.7 Å². The van der Waals surface area contributed by atoms with Crippen molar-refractivity contribution in [1.82, 2.24) is 9.97 Å². The molecule has 4 heteroatoms. The van der Waals surface area contributed by atoms with Crippen LogP contribution in [0.1, 0.15) is 32.4 Å². The standard InChI is InChI=1S/C12H16N4/c1-9-4-6-16(10(2)7-9)12-14-5-3-11(8-13)15-12/h3,5,9-10H,4,6-7H2,1-2H3. The van der Waals surface area contributed by atoms with Gasteiger partial charge < -0.3 is 4.90 Å². The van der Waals surface area contributed by atoms with E-state index in [1.165, 1.54) is 12.8 Å². The van der Waals surface area contributed by atoms with Crippen LogP contribution in [0.5, 0.6) is 0 Å². The minimum absolute atomic E-state index is 0.441. The Morgan fingerprint density at radius 1 is 1.50 bits per heavy atom. The minimum Gasteiger partial charge on any atom is -0.338 e. The molecule has 0 spiro atoms. The minimum atomic E-state index is 0.441. The van der Waals surface area contributed by atoms with E-state index in [-0.39, 0.29) is 0 Å². The third-order valence-corrected chi connectivity index (χ3v) is 3.15. The molecule has 1 aliphatic rings. The number of hydrogen-bond acceptors (Lipinski definition) is 4. The zero-order chi connectivity index (χ0) is 11.5. The van der Waals surface area contributed by atoms with Gasteiger partial charge >= 0.3 is 0 Å². The molecule has 2 atom stereocenters. The van der Waals surface area contributed by atoms with Gasteiger partial charge in [-0.05, 0) is 31.7 Å². The van der Waals surface area contributed by atoms with E-state index in [0.717, 1.165) is 12.5 Å². The molecule has 1 fully saturated rings. The van der Waals surface area contributed by atoms with E-state index in [1.54, 1.807) is 12.3 Å². The second-order valence-electron chi connectivity index (χ2n) is 4.53. The van der Waals surface area contributed by atoms with Gasteiger partial charge in [0.25, 0.3) is 0 Å². The highest BCUT2D eigenvalue weighted by atomic mass is 15.3. The van der Waals surface area contributed by atoms with Crippen molar-refractivity contribution in [2.45, 2.75) is 32.7 Å². The molecule has 0 N–H and O–H groups in total. The Morgan fingerprint density at radius 3 is 3.00 bits per heavy atom. The third kappa shape index (κ3) is 2.13. The summed E-state index contributed by atoms with van der Waals surface area (Å²) in [4.78, 5) is 10.7. The highest BCUT2D eigenvalue weighted by molar-refractivity contribution is 5.35. The average Bonchev–Trinajstić information content (AvgIpc) is 2.29. The van der Waals surface area contributed by atoms with Gasteiger partial charge in [0.1, 0.15) is 11.8 Å². The van der Waals surface area contributed by atoms with Gasteiger partial charge in [0, 0.05) is 18.8 Å². The number of nitriles is 1. The average molecular weight is 216 g/mol. The Morgan fingerprint density at radius 2 is 2.31 bits per heavy atom. The largest absolute Gasteiger partial charge is 0.338 e. The molecule has 1 aliphatic heterocycles. The van der Waals surface area contributed by atoms with Crippen molar-refractivity contribution in [3.05, 3.63) is 18.0 Å². The molecule has 0 saturated carbocycles. The zero-order valence-corrected chi connectivity index (χ0v) is 9.72. The van der Waals surface area contributed by atoms with Crippen LogP contribution in [-0.4, -0.2) is 22.6 Å². The number of piperidine rings is 1. The fourth-order valence-electron chi connectivity index (χ4n) is 2.25. The lowest BCUT2D eigenvalue weighted by Gasteiger charge is -2.36. The molecule has 1 aromatic rings. The van der Waals surface area contributed by atoms with Crippen LogP contribution in [0.4, 0.5) is 5.95 Å². The zero-order valence-electron chi connectivity index (χ0n) is 9.72. The van der Waals surface area contributed by atoms with Crippen LogP contribution in [0.2, 0.25) is 0 Å². The lowest BCUT2D eigenvalue weighted by molar-refractivity contribution is 0.374. The first kappa shape index (κ1) is 10.9. The Bertz CT molecular complexity index is 410. The van der Waals surface area contributed by atoms with Crippen LogP contribution < -0.4 is 4.90 Å². The number of anilines is 1. The molecule has 84 valence electrons. The molecule has 16 heavy (non-hydrogen) atoms. The van der Waals surface area contributed by atoms with Gasteiger partial charge in [-0.25, -0.2) is 9.97 Å². The summed E-state index contributed by atoms with van der Waals surface area (Å²) in [6, 6.07) is 4.15. The Labute approximate surface area is 95.9 Å². The molecule has 1 saturated heterocycles. The van der Waals surface area contributed by atoms with Crippen molar-refractivity contribution in [2.24, 2.45) is 5.92 Å². The number of hydrogen-bond donors (Lipinski definition) is 0. The molecule has 2 heterocycles. The summed E-state index contributed by atoms with van der Waals surface area (Å²) in [5, 5.41) is 8.81. The van der Waals surface area contributed by atoms with Crippen molar-refractivity contribution in [2.75, 3.05) is 11.4 Å². The Balaban J connectivity index is 2.20. The molecule has 0 amide bonds. The van der Waals surface area contributed by atoms with E-state index in [1.807, 2.05) is 0 Å². The van der Waals surface area contributed by atoms with Crippen LogP contribution in [0.3, 0.4) is 0 Å². The third-order valence-electron chi connectivity index (χ3n) is 3.15. The molecule has 2 unspecified atom stereocenters. The summed E-state index contributed by atoms with van der Waals surface area (Å²) in [7, 11) is 0. The van der Waals surface area contributed by atoms with Crippen LogP contribution in [0, 0.1) is 17.2 Å². The van der Waals surface area contributed by atoms with E-state index in [9.17, 15) is 0 Å². The first-order valence-corrected chi connectivity index (χ1v) is 5.70. The second kappa shape index (κ2) is 4.48. The smallest absolute Gasteiger partial charge is 0.226 e. The lowest BCUT2D eigenvalue weighted by Crippen LogP contribution is -2.41. The molecule has 2 rings (SSSR count). The predicted octanol–water partition coefficient (Wildman–Crippen LogP) is 1.97. The first-order chi connectivity index (χ1) is 7.70. The highest BCUT2D eigenvalue weighted by Gasteiger charge is 2.24. The summed E-state index contributed by atoms with van der Waals surface area (Å²) in [6.45, 7) is 5.45. The van der Waals surface area contributed by atoms with Crippen molar-refractivity contribution in [1.29, 1.82) is 5.26 Å². The summed E-state index contributed by atoms with van der Waals surface area (Å²) < 4.78 is 0. The van der Waals surface area contributed by atoms with Crippen molar-refractivity contribution in [3.8, 4) is 6.07 Å². The van der Waals surface area contributed by atoms with Crippen molar-refractivity contribution in [3.63, 3.8) is 0 Å². The highest BCUT2D eigenvalue weighted by Crippen LogP contribution is 2.25. The van der Waals surface area contributed by atoms with E-state index >= 15 is 0 Å². The molecule has 4 nitrogen and oxygen atoms in total. The maximum absolute atomic E-state index is 8.81. The van der Waals surface area contributed by atoms with Crippen LogP contribution >= 0.6 is 0 Å². The molecule has 0 aromatic carbocycles. The molecular weight excluding hydrogens is 200 g/mol. The lowest BCUT2D eigenvalue weighted by atomic mass is 9.94. The van der Waals surface area contributed by atoms with Crippen molar-refractivity contribution < 1.29 is 0 Å². The fourth-order valence-corrected chi connectivity index (χ4v) is 2.25. The van der Waals surface area contributed by atoms with Gasteiger partial charge in [-0.2, -0.15) is 5.26 Å². The molecular formula is C12H16N4. The van der Waals surface area contributed by atoms with Gasteiger partial charge in [0.2, 0.25) is 5.95 Å². The topological polar surface area (TPSA) is 52.8 Å². The van der Waals surface area contributed by atoms with Crippen molar-refractivity contribution >= 4 is 5.95 Å². The normalized spacial score (nSPS) is 25.2. The van der Waals surface area contributed by atoms with E-state index in [2.05, 4.69) is 34.8 Å². The first-order valence-electron chi connectivity index (χ1n) is 5.70. The number of aromatic nitrogens is 2. The van der Waals surface area contributed by atoms with Gasteiger partial charge in [0.05, 0.1) is 0 Å². The number of rotatable bonds is 1. The molecule has 1 aromatic heterocycles. The second-order valence-corrected chi connectivity index (χ2v) is 4.53. The monoisotopic (exact) mass is 216 g/mol. The maximum atomic E-state index is 8.81. The number of nitrogens with zero attached hydrogens (tertiary/aromatic N) is 4.